The molecule has 19 heteroatoms. The molecule has 0 fully saturated rings. The van der Waals surface area contributed by atoms with Crippen molar-refractivity contribution >= 4 is 39.5 Å². The van der Waals surface area contributed by atoms with E-state index >= 15 is 0 Å². The lowest BCUT2D eigenvalue weighted by molar-refractivity contribution is -0.161. The van der Waals surface area contributed by atoms with Gasteiger partial charge in [0.25, 0.3) is 0 Å². The van der Waals surface area contributed by atoms with Crippen molar-refractivity contribution in [2.75, 3.05) is 39.6 Å². The molecule has 0 heterocycles. The first-order valence-electron chi connectivity index (χ1n) is 39.3. The number of carbonyl (C=O) groups excluding carboxylic acids is 4. The average molecular weight is 1400 g/mol. The molecule has 0 bridgehead atoms. The van der Waals surface area contributed by atoms with Crippen molar-refractivity contribution in [3.63, 3.8) is 0 Å². The molecule has 0 aromatic heterocycles. The zero-order valence-corrected chi connectivity index (χ0v) is 63.9. The Balaban J connectivity index is 5.20. The fourth-order valence-corrected chi connectivity index (χ4v) is 13.2. The van der Waals surface area contributed by atoms with Crippen LogP contribution in [-0.2, 0) is 65.4 Å². The number of carbonyl (C=O) groups is 4. The minimum atomic E-state index is -4.96. The number of phosphoric ester groups is 2. The number of phosphoric acid groups is 2. The normalized spacial score (nSPS) is 14.1. The number of ether oxygens (including phenoxy) is 4. The van der Waals surface area contributed by atoms with Gasteiger partial charge < -0.3 is 33.8 Å². The summed E-state index contributed by atoms with van der Waals surface area (Å²) in [6.45, 7) is 11.9. The second-order valence-corrected chi connectivity index (χ2v) is 31.7. The molecule has 0 aliphatic rings. The van der Waals surface area contributed by atoms with Crippen LogP contribution < -0.4 is 0 Å². The van der Waals surface area contributed by atoms with Gasteiger partial charge in [0.1, 0.15) is 19.3 Å². The van der Waals surface area contributed by atoms with Gasteiger partial charge in [-0.05, 0) is 43.4 Å². The van der Waals surface area contributed by atoms with Crippen LogP contribution in [0, 0.1) is 17.8 Å². The largest absolute Gasteiger partial charge is 0.472 e. The van der Waals surface area contributed by atoms with Crippen LogP contribution in [-0.4, -0.2) is 96.7 Å². The molecule has 0 amide bonds. The molecule has 5 atom stereocenters. The number of hydrogen-bond donors (Lipinski definition) is 3. The van der Waals surface area contributed by atoms with Gasteiger partial charge in [0.05, 0.1) is 26.4 Å². The summed E-state index contributed by atoms with van der Waals surface area (Å²) in [6, 6.07) is 0. The number of hydrogen-bond acceptors (Lipinski definition) is 15. The first-order valence-corrected chi connectivity index (χ1v) is 42.3. The molecule has 0 aromatic carbocycles. The molecule has 0 aromatic rings. The third-order valence-electron chi connectivity index (χ3n) is 17.6. The topological polar surface area (TPSA) is 237 Å². The first kappa shape index (κ1) is 93.1. The maximum Gasteiger partial charge on any atom is 0.472 e. The summed E-state index contributed by atoms with van der Waals surface area (Å²) < 4.78 is 68.4. The van der Waals surface area contributed by atoms with Crippen molar-refractivity contribution in [2.45, 2.75) is 407 Å². The Morgan fingerprint density at radius 3 is 0.716 bits per heavy atom. The Bertz CT molecular complexity index is 1850. The van der Waals surface area contributed by atoms with Gasteiger partial charge in [-0.15, -0.1) is 0 Å². The van der Waals surface area contributed by atoms with Gasteiger partial charge in [0.2, 0.25) is 0 Å². The van der Waals surface area contributed by atoms with Crippen molar-refractivity contribution in [1.29, 1.82) is 0 Å². The van der Waals surface area contributed by atoms with E-state index in [1.807, 2.05) is 0 Å². The number of aliphatic hydroxyl groups excluding tert-OH is 1. The average Bonchev–Trinajstić information content (AvgIpc) is 1.58. The minimum Gasteiger partial charge on any atom is -0.462 e. The lowest BCUT2D eigenvalue weighted by Crippen LogP contribution is -2.30. The Morgan fingerprint density at radius 1 is 0.284 bits per heavy atom. The van der Waals surface area contributed by atoms with Crippen molar-refractivity contribution in [1.82, 2.24) is 0 Å². The standard InChI is InChI=1S/C76H148O17P2/c1-8-9-10-11-33-43-50-57-73(78)86-63-71(92-76(81)60-53-46-39-32-26-20-23-29-36-42-49-56-69(6)7)65-90-94(82,83)88-61-70(77)62-89-95(84,85)91-66-72(93-75(80)59-52-45-38-31-25-19-15-13-17-22-28-35-41-48-55-68(4)5)64-87-74(79)58-51-44-37-30-24-18-14-12-16-21-27-34-40-47-54-67(2)3/h67-72,77H,8-66H2,1-7H3,(H,82,83)(H,84,85)/t70-,71+,72+/m0/s1. The molecule has 0 rings (SSSR count). The summed E-state index contributed by atoms with van der Waals surface area (Å²) in [5.41, 5.74) is 0. The van der Waals surface area contributed by atoms with E-state index in [4.69, 9.17) is 37.0 Å². The molecule has 0 saturated heterocycles. The zero-order chi connectivity index (χ0) is 70.1. The summed E-state index contributed by atoms with van der Waals surface area (Å²) in [5, 5.41) is 10.6. The number of unbranched alkanes of at least 4 members (excludes halogenated alkanes) is 42. The van der Waals surface area contributed by atoms with E-state index in [9.17, 15) is 43.2 Å². The summed E-state index contributed by atoms with van der Waals surface area (Å²) in [4.78, 5) is 72.7. The van der Waals surface area contributed by atoms with Crippen molar-refractivity contribution in [3.8, 4) is 0 Å². The van der Waals surface area contributed by atoms with Crippen molar-refractivity contribution < 1.29 is 80.2 Å². The van der Waals surface area contributed by atoms with E-state index < -0.39 is 97.5 Å². The summed E-state index contributed by atoms with van der Waals surface area (Å²) in [7, 11) is -9.91. The highest BCUT2D eigenvalue weighted by Crippen LogP contribution is 2.45. The molecule has 564 valence electrons. The predicted octanol–water partition coefficient (Wildman–Crippen LogP) is 22.2. The highest BCUT2D eigenvalue weighted by atomic mass is 31.2. The van der Waals surface area contributed by atoms with Gasteiger partial charge in [0, 0.05) is 25.7 Å². The Labute approximate surface area is 581 Å². The van der Waals surface area contributed by atoms with Gasteiger partial charge in [0.15, 0.2) is 12.2 Å². The van der Waals surface area contributed by atoms with Gasteiger partial charge >= 0.3 is 39.5 Å². The molecular formula is C76H148O17P2. The SMILES string of the molecule is CCCCCCCCCC(=O)OC[C@H](COP(=O)(O)OC[C@H](O)COP(=O)(O)OC[C@@H](COC(=O)CCCCCCCCCCCCCCCCC(C)C)OC(=O)CCCCCCCCCCCCCCCCC(C)C)OC(=O)CCCCCCCCCCCCCC(C)C. The van der Waals surface area contributed by atoms with Crippen LogP contribution in [0.1, 0.15) is 389 Å². The maximum absolute atomic E-state index is 13.1. The minimum absolute atomic E-state index is 0.106. The number of aliphatic hydroxyl groups is 1. The Hall–Kier alpha value is -1.94. The maximum atomic E-state index is 13.1. The van der Waals surface area contributed by atoms with E-state index in [1.54, 1.807) is 0 Å². The van der Waals surface area contributed by atoms with Gasteiger partial charge in [-0.1, -0.05) is 337 Å². The van der Waals surface area contributed by atoms with E-state index in [1.165, 1.54) is 186 Å². The van der Waals surface area contributed by atoms with Crippen LogP contribution in [0.3, 0.4) is 0 Å². The fraction of sp³-hybridized carbons (Fsp3) is 0.947. The molecule has 95 heavy (non-hydrogen) atoms. The fourth-order valence-electron chi connectivity index (χ4n) is 11.6. The van der Waals surface area contributed by atoms with Crippen LogP contribution in [0.25, 0.3) is 0 Å². The number of esters is 4. The van der Waals surface area contributed by atoms with Crippen molar-refractivity contribution in [2.24, 2.45) is 17.8 Å². The van der Waals surface area contributed by atoms with Crippen LogP contribution in [0.15, 0.2) is 0 Å². The second-order valence-electron chi connectivity index (χ2n) is 28.8. The molecule has 0 aliphatic carbocycles. The summed E-state index contributed by atoms with van der Waals surface area (Å²) in [6.07, 6.45) is 52.8. The number of rotatable bonds is 74. The smallest absolute Gasteiger partial charge is 0.462 e. The summed E-state index contributed by atoms with van der Waals surface area (Å²) in [5.74, 6) is 0.239. The van der Waals surface area contributed by atoms with Gasteiger partial charge in [-0.2, -0.15) is 0 Å². The van der Waals surface area contributed by atoms with Crippen molar-refractivity contribution in [3.05, 3.63) is 0 Å². The van der Waals surface area contributed by atoms with Crippen LogP contribution in [0.4, 0.5) is 0 Å². The molecule has 3 N–H and O–H groups in total. The summed E-state index contributed by atoms with van der Waals surface area (Å²) >= 11 is 0. The van der Waals surface area contributed by atoms with Gasteiger partial charge in [-0.3, -0.25) is 37.3 Å². The van der Waals surface area contributed by atoms with E-state index in [-0.39, 0.29) is 25.7 Å². The second kappa shape index (κ2) is 66.6. The van der Waals surface area contributed by atoms with Crippen LogP contribution in [0.2, 0.25) is 0 Å². The van der Waals surface area contributed by atoms with E-state index in [2.05, 4.69) is 48.5 Å². The Morgan fingerprint density at radius 2 is 0.484 bits per heavy atom. The molecule has 17 nitrogen and oxygen atoms in total. The third-order valence-corrected chi connectivity index (χ3v) is 19.5. The highest BCUT2D eigenvalue weighted by Gasteiger charge is 2.30. The lowest BCUT2D eigenvalue weighted by atomic mass is 10.0. The predicted molar refractivity (Wildman–Crippen MR) is 386 cm³/mol. The highest BCUT2D eigenvalue weighted by molar-refractivity contribution is 7.47. The van der Waals surface area contributed by atoms with E-state index in [0.717, 1.165) is 120 Å². The zero-order valence-electron chi connectivity index (χ0n) is 62.1. The van der Waals surface area contributed by atoms with E-state index in [0.29, 0.717) is 25.7 Å². The van der Waals surface area contributed by atoms with Crippen LogP contribution in [0.5, 0.6) is 0 Å². The van der Waals surface area contributed by atoms with Gasteiger partial charge in [-0.25, -0.2) is 9.13 Å². The molecular weight excluding hydrogens is 1250 g/mol. The van der Waals surface area contributed by atoms with Crippen LogP contribution >= 0.6 is 15.6 Å². The quantitative estimate of drug-likeness (QED) is 0.0222. The first-order chi connectivity index (χ1) is 45.7. The monoisotopic (exact) mass is 1400 g/mol. The molecule has 2 unspecified atom stereocenters. The molecule has 0 radical (unpaired) electrons. The molecule has 0 aliphatic heterocycles. The third kappa shape index (κ3) is 70.3. The Kier molecular flexibility index (Phi) is 65.2. The lowest BCUT2D eigenvalue weighted by Gasteiger charge is -2.21. The molecule has 0 saturated carbocycles. The molecule has 0 spiro atoms.